The van der Waals surface area contributed by atoms with E-state index in [1.54, 1.807) is 12.3 Å². The van der Waals surface area contributed by atoms with Crippen molar-refractivity contribution in [3.8, 4) is 22.9 Å². The highest BCUT2D eigenvalue weighted by atomic mass is 19.4. The highest BCUT2D eigenvalue weighted by molar-refractivity contribution is 5.95. The molecule has 11 heteroatoms. The number of halogens is 3. The fourth-order valence-corrected chi connectivity index (χ4v) is 2.80. The van der Waals surface area contributed by atoms with Gasteiger partial charge >= 0.3 is 6.18 Å². The lowest BCUT2D eigenvalue weighted by molar-refractivity contribution is -0.137. The molecule has 1 amide bonds. The van der Waals surface area contributed by atoms with Crippen molar-refractivity contribution < 1.29 is 27.8 Å². The van der Waals surface area contributed by atoms with Crippen LogP contribution in [0.5, 0.6) is 11.5 Å². The lowest BCUT2D eigenvalue weighted by Gasteiger charge is -2.11. The third kappa shape index (κ3) is 5.00. The van der Waals surface area contributed by atoms with Gasteiger partial charge in [0.2, 0.25) is 5.75 Å². The number of ether oxygens (including phenoxy) is 1. The summed E-state index contributed by atoms with van der Waals surface area (Å²) >= 11 is 0. The molecular weight excluding hydrogens is 417 g/mol. The number of aromatic amines is 1. The van der Waals surface area contributed by atoms with E-state index in [2.05, 4.69) is 20.3 Å². The monoisotopic (exact) mass is 434 g/mol. The zero-order valence-electron chi connectivity index (χ0n) is 16.2. The van der Waals surface area contributed by atoms with Crippen LogP contribution in [0.3, 0.4) is 0 Å². The number of hydrogen-bond donors (Lipinski definition) is 3. The normalized spacial score (nSPS) is 11.2. The van der Waals surface area contributed by atoms with Gasteiger partial charge in [0.25, 0.3) is 11.5 Å². The Labute approximate surface area is 173 Å². The number of carbonyl (C=O) groups is 1. The van der Waals surface area contributed by atoms with Crippen LogP contribution in [0.4, 0.5) is 13.2 Å². The molecule has 0 saturated carbocycles. The Morgan fingerprint density at radius 2 is 2.06 bits per heavy atom. The number of amides is 1. The fourth-order valence-electron chi connectivity index (χ4n) is 2.80. The molecule has 0 atom stereocenters. The third-order valence-electron chi connectivity index (χ3n) is 4.34. The third-order valence-corrected chi connectivity index (χ3v) is 4.34. The summed E-state index contributed by atoms with van der Waals surface area (Å²) in [5.74, 6) is -1.55. The summed E-state index contributed by atoms with van der Waals surface area (Å²) < 4.78 is 44.0. The fraction of sp³-hybridized carbons (Fsp3) is 0.200. The zero-order valence-corrected chi connectivity index (χ0v) is 16.2. The second kappa shape index (κ2) is 8.86. The highest BCUT2D eigenvalue weighted by Gasteiger charge is 2.30. The summed E-state index contributed by atoms with van der Waals surface area (Å²) in [6.07, 6.45) is -1.16. The Morgan fingerprint density at radius 1 is 1.29 bits per heavy atom. The first-order valence-electron chi connectivity index (χ1n) is 8.96. The van der Waals surface area contributed by atoms with Crippen LogP contribution in [0, 0.1) is 0 Å². The maximum absolute atomic E-state index is 13.0. The van der Waals surface area contributed by atoms with Gasteiger partial charge in [0.15, 0.2) is 5.69 Å². The van der Waals surface area contributed by atoms with Crippen molar-refractivity contribution in [1.82, 2.24) is 20.3 Å². The average molecular weight is 434 g/mol. The second-order valence-corrected chi connectivity index (χ2v) is 6.38. The standard InChI is InChI=1S/C20H17F3N4O4/c1-31-14-10-24-7-5-11(14)6-8-25-18(29)15-16(28)19(30)27-17(26-15)12-3-2-4-13(9-12)20(21,22)23/h2-5,7,9-10,28H,6,8H2,1H3,(H,25,29)(H,26,27,30). The molecule has 3 aromatic rings. The number of carbonyl (C=O) groups excluding carboxylic acids is 1. The molecule has 0 fully saturated rings. The Hall–Kier alpha value is -3.89. The lowest BCUT2D eigenvalue weighted by atomic mass is 10.1. The number of aromatic hydroxyl groups is 1. The molecule has 1 aromatic carbocycles. The Morgan fingerprint density at radius 3 is 2.77 bits per heavy atom. The van der Waals surface area contributed by atoms with E-state index in [1.165, 1.54) is 19.4 Å². The van der Waals surface area contributed by atoms with Crippen LogP contribution in [0.2, 0.25) is 0 Å². The number of pyridine rings is 1. The lowest BCUT2D eigenvalue weighted by Crippen LogP contribution is -2.28. The summed E-state index contributed by atoms with van der Waals surface area (Å²) in [6, 6.07) is 5.80. The molecule has 2 aromatic heterocycles. The molecule has 31 heavy (non-hydrogen) atoms. The summed E-state index contributed by atoms with van der Waals surface area (Å²) in [4.78, 5) is 34.5. The SMILES string of the molecule is COc1cnccc1CCNC(=O)c1nc(-c2cccc(C(F)(F)F)c2)[nH]c(=O)c1O. The van der Waals surface area contributed by atoms with Gasteiger partial charge in [-0.2, -0.15) is 13.2 Å². The predicted octanol–water partition coefficient (Wildman–Crippen LogP) is 2.54. The van der Waals surface area contributed by atoms with Gasteiger partial charge in [-0.05, 0) is 30.2 Å². The molecule has 162 valence electrons. The molecule has 3 rings (SSSR count). The van der Waals surface area contributed by atoms with E-state index in [-0.39, 0.29) is 17.9 Å². The molecule has 0 bridgehead atoms. The number of H-pyrrole nitrogens is 1. The van der Waals surface area contributed by atoms with Crippen molar-refractivity contribution in [3.05, 3.63) is 69.9 Å². The van der Waals surface area contributed by atoms with E-state index >= 15 is 0 Å². The zero-order chi connectivity index (χ0) is 22.6. The van der Waals surface area contributed by atoms with Crippen molar-refractivity contribution >= 4 is 5.91 Å². The van der Waals surface area contributed by atoms with Crippen molar-refractivity contribution in [1.29, 1.82) is 0 Å². The van der Waals surface area contributed by atoms with E-state index in [4.69, 9.17) is 4.74 Å². The van der Waals surface area contributed by atoms with Gasteiger partial charge in [0, 0.05) is 18.3 Å². The van der Waals surface area contributed by atoms with Crippen LogP contribution in [-0.4, -0.2) is 39.6 Å². The number of nitrogens with zero attached hydrogens (tertiary/aromatic N) is 2. The van der Waals surface area contributed by atoms with Crippen LogP contribution in [0.25, 0.3) is 11.4 Å². The predicted molar refractivity (Wildman–Crippen MR) is 104 cm³/mol. The van der Waals surface area contributed by atoms with Gasteiger partial charge in [-0.1, -0.05) is 12.1 Å². The number of aromatic nitrogens is 3. The second-order valence-electron chi connectivity index (χ2n) is 6.38. The van der Waals surface area contributed by atoms with E-state index < -0.39 is 34.6 Å². The minimum Gasteiger partial charge on any atom is -0.501 e. The van der Waals surface area contributed by atoms with Gasteiger partial charge in [-0.25, -0.2) is 4.98 Å². The molecule has 0 unspecified atom stereocenters. The Kier molecular flexibility index (Phi) is 6.23. The van der Waals surface area contributed by atoms with Crippen molar-refractivity contribution in [3.63, 3.8) is 0 Å². The van der Waals surface area contributed by atoms with Gasteiger partial charge in [-0.15, -0.1) is 0 Å². The Balaban J connectivity index is 1.83. The van der Waals surface area contributed by atoms with Gasteiger partial charge in [0.05, 0.1) is 18.9 Å². The quantitative estimate of drug-likeness (QED) is 0.549. The van der Waals surface area contributed by atoms with Crippen LogP contribution in [0.15, 0.2) is 47.5 Å². The van der Waals surface area contributed by atoms with Crippen LogP contribution < -0.4 is 15.6 Å². The number of benzene rings is 1. The number of nitrogens with one attached hydrogen (secondary N) is 2. The van der Waals surface area contributed by atoms with Crippen LogP contribution >= 0.6 is 0 Å². The summed E-state index contributed by atoms with van der Waals surface area (Å²) in [7, 11) is 1.48. The minimum absolute atomic E-state index is 0.0671. The van der Waals surface area contributed by atoms with Crippen LogP contribution in [0.1, 0.15) is 21.6 Å². The first kappa shape index (κ1) is 21.8. The van der Waals surface area contributed by atoms with E-state index in [0.717, 1.165) is 23.8 Å². The molecule has 2 heterocycles. The largest absolute Gasteiger partial charge is 0.501 e. The van der Waals surface area contributed by atoms with Crippen LogP contribution in [-0.2, 0) is 12.6 Å². The minimum atomic E-state index is -4.60. The van der Waals surface area contributed by atoms with E-state index in [0.29, 0.717) is 12.2 Å². The van der Waals surface area contributed by atoms with Gasteiger partial charge < -0.3 is 20.1 Å². The smallest absolute Gasteiger partial charge is 0.416 e. The number of alkyl halides is 3. The van der Waals surface area contributed by atoms with Gasteiger partial charge in [0.1, 0.15) is 11.6 Å². The molecular formula is C20H17F3N4O4. The van der Waals surface area contributed by atoms with E-state index in [9.17, 15) is 27.9 Å². The number of hydrogen-bond acceptors (Lipinski definition) is 6. The van der Waals surface area contributed by atoms with Crippen molar-refractivity contribution in [2.24, 2.45) is 0 Å². The molecule has 0 spiro atoms. The first-order valence-corrected chi connectivity index (χ1v) is 8.96. The highest BCUT2D eigenvalue weighted by Crippen LogP contribution is 2.31. The number of rotatable bonds is 6. The molecule has 3 N–H and O–H groups in total. The number of methoxy groups -OCH3 is 1. The van der Waals surface area contributed by atoms with Gasteiger partial charge in [-0.3, -0.25) is 14.6 Å². The molecule has 0 aliphatic rings. The van der Waals surface area contributed by atoms with Crippen molar-refractivity contribution in [2.45, 2.75) is 12.6 Å². The Bertz CT molecular complexity index is 1160. The first-order chi connectivity index (χ1) is 14.7. The molecule has 0 radical (unpaired) electrons. The maximum atomic E-state index is 13.0. The van der Waals surface area contributed by atoms with Crippen molar-refractivity contribution in [2.75, 3.05) is 13.7 Å². The summed E-state index contributed by atoms with van der Waals surface area (Å²) in [5.41, 5.74) is -1.90. The molecule has 0 saturated heterocycles. The molecule has 0 aliphatic heterocycles. The topological polar surface area (TPSA) is 117 Å². The summed E-state index contributed by atoms with van der Waals surface area (Å²) in [5, 5.41) is 12.5. The maximum Gasteiger partial charge on any atom is 0.416 e. The average Bonchev–Trinajstić information content (AvgIpc) is 2.75. The summed E-state index contributed by atoms with van der Waals surface area (Å²) in [6.45, 7) is 0.117. The molecule has 8 nitrogen and oxygen atoms in total. The molecule has 0 aliphatic carbocycles. The van der Waals surface area contributed by atoms with E-state index in [1.807, 2.05) is 0 Å².